The van der Waals surface area contributed by atoms with Crippen molar-refractivity contribution in [2.75, 3.05) is 5.48 Å². The number of hydrogen-bond donors (Lipinski definition) is 2. The largest absolute Gasteiger partial charge is 0.296 e. The van der Waals surface area contributed by atoms with Crippen LogP contribution in [-0.4, -0.2) is 19.1 Å². The average molecular weight is 231 g/mol. The van der Waals surface area contributed by atoms with Gasteiger partial charge in [-0.1, -0.05) is 12.1 Å². The van der Waals surface area contributed by atoms with Crippen LogP contribution in [0.5, 0.6) is 0 Å². The quantitative estimate of drug-likeness (QED) is 0.609. The molecular weight excluding hydrogens is 218 g/mol. The fourth-order valence-corrected chi connectivity index (χ4v) is 1.60. The van der Waals surface area contributed by atoms with Gasteiger partial charge in [-0.05, 0) is 26.0 Å². The van der Waals surface area contributed by atoms with E-state index in [1.54, 1.807) is 19.9 Å². The Labute approximate surface area is 88.8 Å². The summed E-state index contributed by atoms with van der Waals surface area (Å²) in [4.78, 5) is 4.84. The fraction of sp³-hybridized carbons (Fsp3) is 0.333. The molecule has 84 valence electrons. The van der Waals surface area contributed by atoms with Crippen LogP contribution < -0.4 is 5.48 Å². The third kappa shape index (κ3) is 3.50. The van der Waals surface area contributed by atoms with Gasteiger partial charge in [0.1, 0.15) is 4.90 Å². The molecule has 0 heterocycles. The summed E-state index contributed by atoms with van der Waals surface area (Å²) in [5.74, 6) is 0. The third-order valence-electron chi connectivity index (χ3n) is 1.57. The van der Waals surface area contributed by atoms with E-state index in [-0.39, 0.29) is 16.7 Å². The lowest BCUT2D eigenvalue weighted by molar-refractivity contribution is 0.129. The maximum absolute atomic E-state index is 11.0. The van der Waals surface area contributed by atoms with Gasteiger partial charge in [0, 0.05) is 0 Å². The topological polar surface area (TPSA) is 75.6 Å². The van der Waals surface area contributed by atoms with Crippen LogP contribution in [0.2, 0.25) is 0 Å². The number of nitrogens with one attached hydrogen (secondary N) is 1. The van der Waals surface area contributed by atoms with Crippen molar-refractivity contribution in [1.29, 1.82) is 0 Å². The first-order chi connectivity index (χ1) is 6.91. The van der Waals surface area contributed by atoms with E-state index in [0.717, 1.165) is 0 Å². The van der Waals surface area contributed by atoms with Gasteiger partial charge in [-0.2, -0.15) is 8.42 Å². The van der Waals surface area contributed by atoms with E-state index in [1.807, 2.05) is 0 Å². The van der Waals surface area contributed by atoms with E-state index in [1.165, 1.54) is 18.2 Å². The lowest BCUT2D eigenvalue weighted by Gasteiger charge is -2.11. The summed E-state index contributed by atoms with van der Waals surface area (Å²) in [5.41, 5.74) is 2.70. The van der Waals surface area contributed by atoms with E-state index in [4.69, 9.17) is 9.39 Å². The van der Waals surface area contributed by atoms with Gasteiger partial charge in [0.2, 0.25) is 0 Å². The Morgan fingerprint density at radius 1 is 1.33 bits per heavy atom. The molecule has 1 aromatic carbocycles. The Kier molecular flexibility index (Phi) is 3.67. The van der Waals surface area contributed by atoms with Gasteiger partial charge in [-0.3, -0.25) is 14.9 Å². The molecule has 0 radical (unpaired) electrons. The van der Waals surface area contributed by atoms with Gasteiger partial charge < -0.3 is 0 Å². The zero-order valence-electron chi connectivity index (χ0n) is 8.47. The molecule has 1 aromatic rings. The maximum atomic E-state index is 11.0. The smallest absolute Gasteiger partial charge is 0.282 e. The highest BCUT2D eigenvalue weighted by atomic mass is 32.2. The van der Waals surface area contributed by atoms with Crippen LogP contribution in [0.25, 0.3) is 0 Å². The first-order valence-corrected chi connectivity index (χ1v) is 5.83. The summed E-state index contributed by atoms with van der Waals surface area (Å²) in [7, 11) is -4.22. The molecular formula is C9H13NO4S. The van der Waals surface area contributed by atoms with Crippen molar-refractivity contribution in [3.63, 3.8) is 0 Å². The second-order valence-corrected chi connectivity index (χ2v) is 4.63. The summed E-state index contributed by atoms with van der Waals surface area (Å²) in [6.45, 7) is 3.59. The predicted molar refractivity (Wildman–Crippen MR) is 56.1 cm³/mol. The molecule has 0 aliphatic heterocycles. The van der Waals surface area contributed by atoms with Gasteiger partial charge in [0.15, 0.2) is 0 Å². The third-order valence-corrected chi connectivity index (χ3v) is 2.48. The molecule has 0 spiro atoms. The normalized spacial score (nSPS) is 11.7. The number of benzene rings is 1. The van der Waals surface area contributed by atoms with Gasteiger partial charge >= 0.3 is 0 Å². The average Bonchev–Trinajstić information content (AvgIpc) is 2.13. The second-order valence-electron chi connectivity index (χ2n) is 3.24. The van der Waals surface area contributed by atoms with Gasteiger partial charge in [-0.15, -0.1) is 0 Å². The van der Waals surface area contributed by atoms with Crippen LogP contribution in [-0.2, 0) is 15.0 Å². The zero-order valence-corrected chi connectivity index (χ0v) is 9.28. The monoisotopic (exact) mass is 231 g/mol. The van der Waals surface area contributed by atoms with Crippen molar-refractivity contribution in [3.05, 3.63) is 24.3 Å². The molecule has 0 saturated carbocycles. The molecule has 0 amide bonds. The summed E-state index contributed by atoms with van der Waals surface area (Å²) in [5, 5.41) is 0. The van der Waals surface area contributed by atoms with Crippen molar-refractivity contribution < 1.29 is 17.8 Å². The Balaban J connectivity index is 2.98. The van der Waals surface area contributed by atoms with E-state index >= 15 is 0 Å². The van der Waals surface area contributed by atoms with E-state index in [2.05, 4.69) is 5.48 Å². The zero-order chi connectivity index (χ0) is 11.5. The van der Waals surface area contributed by atoms with Crippen LogP contribution in [0.15, 0.2) is 29.2 Å². The van der Waals surface area contributed by atoms with Crippen LogP contribution in [0, 0.1) is 0 Å². The first kappa shape index (κ1) is 12.0. The van der Waals surface area contributed by atoms with Crippen molar-refractivity contribution >= 4 is 15.8 Å². The summed E-state index contributed by atoms with van der Waals surface area (Å²) >= 11 is 0. The molecule has 1 rings (SSSR count). The highest BCUT2D eigenvalue weighted by Crippen LogP contribution is 2.20. The lowest BCUT2D eigenvalue weighted by Crippen LogP contribution is -2.11. The fourth-order valence-electron chi connectivity index (χ4n) is 0.957. The summed E-state index contributed by atoms with van der Waals surface area (Å²) in [6.07, 6.45) is -0.0977. The van der Waals surface area contributed by atoms with E-state index in [9.17, 15) is 8.42 Å². The van der Waals surface area contributed by atoms with Gasteiger partial charge in [-0.25, -0.2) is 0 Å². The summed E-state index contributed by atoms with van der Waals surface area (Å²) in [6, 6.07) is 5.96. The van der Waals surface area contributed by atoms with Crippen LogP contribution in [0.3, 0.4) is 0 Å². The van der Waals surface area contributed by atoms with Crippen molar-refractivity contribution in [2.45, 2.75) is 24.8 Å². The molecule has 0 atom stereocenters. The van der Waals surface area contributed by atoms with Gasteiger partial charge in [0.05, 0.1) is 11.8 Å². The highest BCUT2D eigenvalue weighted by Gasteiger charge is 2.14. The Morgan fingerprint density at radius 3 is 2.47 bits per heavy atom. The second kappa shape index (κ2) is 4.61. The van der Waals surface area contributed by atoms with Crippen molar-refractivity contribution in [3.8, 4) is 0 Å². The van der Waals surface area contributed by atoms with Crippen LogP contribution in [0.1, 0.15) is 13.8 Å². The van der Waals surface area contributed by atoms with E-state index in [0.29, 0.717) is 0 Å². The highest BCUT2D eigenvalue weighted by molar-refractivity contribution is 7.86. The molecule has 0 fully saturated rings. The Morgan fingerprint density at radius 2 is 1.93 bits per heavy atom. The number of rotatable bonds is 4. The van der Waals surface area contributed by atoms with Crippen LogP contribution in [0.4, 0.5) is 5.69 Å². The molecule has 0 bridgehead atoms. The molecule has 2 N–H and O–H groups in total. The molecule has 0 unspecified atom stereocenters. The van der Waals surface area contributed by atoms with Crippen molar-refractivity contribution in [1.82, 2.24) is 0 Å². The summed E-state index contributed by atoms with van der Waals surface area (Å²) < 4.78 is 30.8. The Bertz CT molecular complexity index is 427. The van der Waals surface area contributed by atoms with Crippen molar-refractivity contribution in [2.24, 2.45) is 0 Å². The molecule has 0 aliphatic rings. The minimum absolute atomic E-state index is 0.0977. The van der Waals surface area contributed by atoms with Gasteiger partial charge in [0.25, 0.3) is 10.1 Å². The Hall–Kier alpha value is -1.11. The standard InChI is InChI=1S/C9H13NO4S/c1-7(2)14-10-8-5-3-4-6-9(8)15(11,12)13/h3-7,10H,1-2H3,(H,11,12,13). The molecule has 6 heteroatoms. The molecule has 5 nitrogen and oxygen atoms in total. The molecule has 0 aliphatic carbocycles. The number of hydrogen-bond acceptors (Lipinski definition) is 4. The predicted octanol–water partition coefficient (Wildman–Crippen LogP) is 1.69. The molecule has 0 aromatic heterocycles. The first-order valence-electron chi connectivity index (χ1n) is 4.39. The lowest BCUT2D eigenvalue weighted by atomic mass is 10.3. The van der Waals surface area contributed by atoms with Crippen LogP contribution >= 0.6 is 0 Å². The number of para-hydroxylation sites is 1. The minimum Gasteiger partial charge on any atom is -0.282 e. The SMILES string of the molecule is CC(C)ONc1ccccc1S(=O)(=O)O. The maximum Gasteiger partial charge on any atom is 0.296 e. The molecule has 15 heavy (non-hydrogen) atoms. The number of anilines is 1. The minimum atomic E-state index is -4.22. The van der Waals surface area contributed by atoms with E-state index < -0.39 is 10.1 Å². The molecule has 0 saturated heterocycles.